The zero-order valence-corrected chi connectivity index (χ0v) is 16.7. The van der Waals surface area contributed by atoms with Gasteiger partial charge in [0.1, 0.15) is 12.4 Å². The summed E-state index contributed by atoms with van der Waals surface area (Å²) in [6.45, 7) is 1.25. The fraction of sp³-hybridized carbons (Fsp3) is 0.333. The molecule has 1 saturated heterocycles. The number of halogens is 1. The zero-order valence-electron chi connectivity index (χ0n) is 15.9. The smallest absolute Gasteiger partial charge is 0.312 e. The van der Waals surface area contributed by atoms with Gasteiger partial charge >= 0.3 is 6.03 Å². The topological polar surface area (TPSA) is 103 Å². The van der Waals surface area contributed by atoms with Crippen LogP contribution in [0.2, 0.25) is 5.02 Å². The van der Waals surface area contributed by atoms with Crippen molar-refractivity contribution in [3.05, 3.63) is 59.1 Å². The quantitative estimate of drug-likeness (QED) is 0.610. The van der Waals surface area contributed by atoms with E-state index in [4.69, 9.17) is 26.8 Å². The van der Waals surface area contributed by atoms with E-state index in [2.05, 4.69) is 10.6 Å². The second kappa shape index (κ2) is 10.1. The lowest BCUT2D eigenvalue weighted by Gasteiger charge is -2.19. The number of rotatable bonds is 8. The summed E-state index contributed by atoms with van der Waals surface area (Å²) in [5.41, 5.74) is 6.48. The Balaban J connectivity index is 1.61. The summed E-state index contributed by atoms with van der Waals surface area (Å²) in [6, 6.07) is 12.8. The number of nitrogens with one attached hydrogen (secondary N) is 2. The monoisotopic (exact) mass is 417 g/mol. The molecular formula is C21H24ClN3O4. The van der Waals surface area contributed by atoms with E-state index in [1.165, 1.54) is 0 Å². The standard InChI is InChI=1S/C21H24ClN3O4/c22-18-9-2-1-8-17(18)19(25-21(23)27)12-20(26)24-14-5-3-6-15(11-14)29-13-16-7-4-10-28-16/h1-3,5-6,8-9,11,16,19H,4,7,10,12-13H2,(H,24,26)(H3,23,25,27)/t16-,19+/m0/s1. The highest BCUT2D eigenvalue weighted by Crippen LogP contribution is 2.26. The van der Waals surface area contributed by atoms with E-state index in [1.807, 2.05) is 6.07 Å². The fourth-order valence-electron chi connectivity index (χ4n) is 3.19. The second-order valence-electron chi connectivity index (χ2n) is 6.81. The molecule has 0 radical (unpaired) electrons. The predicted octanol–water partition coefficient (Wildman–Crippen LogP) is 3.64. The summed E-state index contributed by atoms with van der Waals surface area (Å²) < 4.78 is 11.3. The van der Waals surface area contributed by atoms with Crippen molar-refractivity contribution < 1.29 is 19.1 Å². The van der Waals surface area contributed by atoms with Crippen LogP contribution in [0.5, 0.6) is 5.75 Å². The Kier molecular flexibility index (Phi) is 7.32. The number of amides is 3. The van der Waals surface area contributed by atoms with Crippen molar-refractivity contribution in [3.63, 3.8) is 0 Å². The molecule has 1 heterocycles. The number of ether oxygens (including phenoxy) is 2. The van der Waals surface area contributed by atoms with E-state index in [0.717, 1.165) is 19.4 Å². The van der Waals surface area contributed by atoms with Gasteiger partial charge in [-0.1, -0.05) is 35.9 Å². The SMILES string of the molecule is NC(=O)N[C@H](CC(=O)Nc1cccc(OC[C@@H]2CCCO2)c1)c1ccccc1Cl. The number of urea groups is 1. The van der Waals surface area contributed by atoms with Gasteiger partial charge in [0, 0.05) is 23.4 Å². The number of carbonyl (C=O) groups excluding carboxylic acids is 2. The third kappa shape index (κ3) is 6.37. The van der Waals surface area contributed by atoms with E-state index in [0.29, 0.717) is 28.6 Å². The minimum absolute atomic E-state index is 0.0202. The van der Waals surface area contributed by atoms with Gasteiger partial charge in [0.15, 0.2) is 0 Å². The number of carbonyl (C=O) groups is 2. The molecule has 2 aromatic rings. The van der Waals surface area contributed by atoms with Gasteiger partial charge in [0.2, 0.25) is 5.91 Å². The Morgan fingerprint density at radius 1 is 1.24 bits per heavy atom. The molecule has 1 aliphatic rings. The van der Waals surface area contributed by atoms with Gasteiger partial charge in [-0.05, 0) is 36.6 Å². The van der Waals surface area contributed by atoms with E-state index in [-0.39, 0.29) is 18.4 Å². The van der Waals surface area contributed by atoms with Crippen molar-refractivity contribution in [1.29, 1.82) is 0 Å². The van der Waals surface area contributed by atoms with Crippen LogP contribution in [0.3, 0.4) is 0 Å². The number of benzene rings is 2. The van der Waals surface area contributed by atoms with E-state index in [1.54, 1.807) is 42.5 Å². The molecule has 154 valence electrons. The van der Waals surface area contributed by atoms with Crippen molar-refractivity contribution in [3.8, 4) is 5.75 Å². The van der Waals surface area contributed by atoms with E-state index >= 15 is 0 Å². The molecule has 29 heavy (non-hydrogen) atoms. The average molecular weight is 418 g/mol. The minimum atomic E-state index is -0.729. The van der Waals surface area contributed by atoms with Crippen LogP contribution in [0.4, 0.5) is 10.5 Å². The Labute approximate surface area is 174 Å². The molecule has 0 aliphatic carbocycles. The molecule has 4 N–H and O–H groups in total. The molecule has 2 atom stereocenters. The lowest BCUT2D eigenvalue weighted by Crippen LogP contribution is -2.35. The fourth-order valence-corrected chi connectivity index (χ4v) is 3.46. The second-order valence-corrected chi connectivity index (χ2v) is 7.22. The third-order valence-electron chi connectivity index (χ3n) is 4.56. The first kappa shape index (κ1) is 21.0. The van der Waals surface area contributed by atoms with Gasteiger partial charge in [0.05, 0.1) is 18.6 Å². The summed E-state index contributed by atoms with van der Waals surface area (Å²) in [7, 11) is 0. The molecule has 3 amide bonds. The van der Waals surface area contributed by atoms with E-state index in [9.17, 15) is 9.59 Å². The summed E-state index contributed by atoms with van der Waals surface area (Å²) in [5, 5.41) is 5.84. The summed E-state index contributed by atoms with van der Waals surface area (Å²) in [4.78, 5) is 23.9. The van der Waals surface area contributed by atoms with Crippen molar-refractivity contribution in [1.82, 2.24) is 5.32 Å². The van der Waals surface area contributed by atoms with Crippen LogP contribution >= 0.6 is 11.6 Å². The first-order valence-corrected chi connectivity index (χ1v) is 9.84. The van der Waals surface area contributed by atoms with Crippen LogP contribution in [-0.2, 0) is 9.53 Å². The van der Waals surface area contributed by atoms with Crippen molar-refractivity contribution in [2.75, 3.05) is 18.5 Å². The average Bonchev–Trinajstić information content (AvgIpc) is 3.20. The first-order valence-electron chi connectivity index (χ1n) is 9.46. The molecule has 7 nitrogen and oxygen atoms in total. The molecule has 0 unspecified atom stereocenters. The largest absolute Gasteiger partial charge is 0.491 e. The molecule has 1 aliphatic heterocycles. The molecule has 0 saturated carbocycles. The third-order valence-corrected chi connectivity index (χ3v) is 4.91. The maximum Gasteiger partial charge on any atom is 0.312 e. The molecule has 2 aromatic carbocycles. The number of hydrogen-bond donors (Lipinski definition) is 3. The molecule has 0 bridgehead atoms. The summed E-state index contributed by atoms with van der Waals surface area (Å²) in [6.07, 6.45) is 2.14. The molecular weight excluding hydrogens is 394 g/mol. The normalized spacial score (nSPS) is 16.8. The lowest BCUT2D eigenvalue weighted by molar-refractivity contribution is -0.116. The molecule has 3 rings (SSSR count). The Morgan fingerprint density at radius 3 is 2.79 bits per heavy atom. The van der Waals surface area contributed by atoms with Crippen LogP contribution in [0, 0.1) is 0 Å². The van der Waals surface area contributed by atoms with Gasteiger partial charge in [-0.2, -0.15) is 0 Å². The van der Waals surface area contributed by atoms with Gasteiger partial charge < -0.3 is 25.8 Å². The molecule has 1 fully saturated rings. The van der Waals surface area contributed by atoms with Crippen LogP contribution in [0.15, 0.2) is 48.5 Å². The van der Waals surface area contributed by atoms with Crippen molar-refractivity contribution in [2.45, 2.75) is 31.4 Å². The molecule has 0 spiro atoms. The first-order chi connectivity index (χ1) is 14.0. The van der Waals surface area contributed by atoms with E-state index < -0.39 is 12.1 Å². The van der Waals surface area contributed by atoms with Gasteiger partial charge in [-0.25, -0.2) is 4.79 Å². The molecule has 0 aromatic heterocycles. The van der Waals surface area contributed by atoms with Crippen molar-refractivity contribution >= 4 is 29.2 Å². The number of primary amides is 1. The maximum absolute atomic E-state index is 12.6. The molecule has 8 heteroatoms. The Hall–Kier alpha value is -2.77. The number of nitrogens with two attached hydrogens (primary N) is 1. The lowest BCUT2D eigenvalue weighted by atomic mass is 10.0. The Bertz CT molecular complexity index is 855. The summed E-state index contributed by atoms with van der Waals surface area (Å²) >= 11 is 6.20. The van der Waals surface area contributed by atoms with Crippen LogP contribution in [0.25, 0.3) is 0 Å². The van der Waals surface area contributed by atoms with Gasteiger partial charge in [-0.15, -0.1) is 0 Å². The maximum atomic E-state index is 12.6. The van der Waals surface area contributed by atoms with Crippen molar-refractivity contribution in [2.24, 2.45) is 5.73 Å². The van der Waals surface area contributed by atoms with Gasteiger partial charge in [-0.3, -0.25) is 4.79 Å². The van der Waals surface area contributed by atoms with Crippen LogP contribution in [0.1, 0.15) is 30.9 Å². The number of anilines is 1. The van der Waals surface area contributed by atoms with Gasteiger partial charge in [0.25, 0.3) is 0 Å². The van der Waals surface area contributed by atoms with Crippen LogP contribution < -0.4 is 21.1 Å². The predicted molar refractivity (Wildman–Crippen MR) is 111 cm³/mol. The van der Waals surface area contributed by atoms with Crippen LogP contribution in [-0.4, -0.2) is 31.3 Å². The zero-order chi connectivity index (χ0) is 20.6. The highest BCUT2D eigenvalue weighted by Gasteiger charge is 2.20. The minimum Gasteiger partial charge on any atom is -0.491 e. The highest BCUT2D eigenvalue weighted by molar-refractivity contribution is 6.31. The number of hydrogen-bond acceptors (Lipinski definition) is 4. The summed E-state index contributed by atoms with van der Waals surface area (Å²) in [5.74, 6) is 0.358. The Morgan fingerprint density at radius 2 is 2.07 bits per heavy atom. The highest BCUT2D eigenvalue weighted by atomic mass is 35.5.